The Morgan fingerprint density at radius 1 is 1.09 bits per heavy atom. The zero-order valence-electron chi connectivity index (χ0n) is 21.8. The molecule has 1 unspecified atom stereocenters. The predicted molar refractivity (Wildman–Crippen MR) is 139 cm³/mol. The predicted octanol–water partition coefficient (Wildman–Crippen LogP) is 6.67. The second-order valence-electron chi connectivity index (χ2n) is 12.6. The molecule has 0 aliphatic heterocycles. The molecule has 3 rings (SSSR count). The van der Waals surface area contributed by atoms with E-state index in [1.807, 2.05) is 10.7 Å². The molecule has 0 radical (unpaired) electrons. The monoisotopic (exact) mass is 506 g/mol. The smallest absolute Gasteiger partial charge is 0.192 e. The van der Waals surface area contributed by atoms with Crippen LogP contribution in [-0.4, -0.2) is 44.4 Å². The number of aromatic nitrogens is 3. The van der Waals surface area contributed by atoms with Crippen molar-refractivity contribution in [2.75, 3.05) is 13.2 Å². The van der Waals surface area contributed by atoms with Gasteiger partial charge in [-0.25, -0.2) is 9.50 Å². The van der Waals surface area contributed by atoms with Crippen molar-refractivity contribution in [3.63, 3.8) is 0 Å². The van der Waals surface area contributed by atoms with Gasteiger partial charge in [-0.2, -0.15) is 10.4 Å². The van der Waals surface area contributed by atoms with Crippen molar-refractivity contribution in [3.8, 4) is 6.07 Å². The number of nitriles is 1. The van der Waals surface area contributed by atoms with Crippen LogP contribution in [0.4, 0.5) is 0 Å². The summed E-state index contributed by atoms with van der Waals surface area (Å²) in [4.78, 5) is 4.53. The molecule has 1 atom stereocenters. The van der Waals surface area contributed by atoms with Gasteiger partial charge in [0.2, 0.25) is 0 Å². The quantitative estimate of drug-likeness (QED) is 0.409. The fourth-order valence-electron chi connectivity index (χ4n) is 3.78. The van der Waals surface area contributed by atoms with Gasteiger partial charge in [0.25, 0.3) is 0 Å². The van der Waals surface area contributed by atoms with Crippen LogP contribution in [-0.2, 0) is 14.3 Å². The third-order valence-corrected chi connectivity index (χ3v) is 17.3. The summed E-state index contributed by atoms with van der Waals surface area (Å²) in [5.74, 6) is -0.286. The SMILES string of the molecule is CC(C)(C)[Si](C)(C)OCC1(CO[Si](C)(C)C(C)(C)C)CC(C#N)c2cnc3cc(Cl)nn3c21. The first-order chi connectivity index (χ1) is 14.9. The molecule has 6 nitrogen and oxygen atoms in total. The average Bonchev–Trinajstić information content (AvgIpc) is 3.20. The largest absolute Gasteiger partial charge is 0.416 e. The topological polar surface area (TPSA) is 72.4 Å². The van der Waals surface area contributed by atoms with Crippen LogP contribution >= 0.6 is 11.6 Å². The van der Waals surface area contributed by atoms with E-state index in [-0.39, 0.29) is 16.0 Å². The molecule has 33 heavy (non-hydrogen) atoms. The standard InChI is InChI=1S/C24H39ClN4O2Si2/c1-22(2,3)32(7,8)30-15-24(16-31-33(9,10)23(4,5)6)12-17(13-26)18-14-27-20-11-19(25)28-29(20)21(18)24/h11,14,17H,12,15-16H2,1-10H3. The molecule has 0 fully saturated rings. The van der Waals surface area contributed by atoms with Gasteiger partial charge in [-0.3, -0.25) is 0 Å². The number of halogens is 1. The second-order valence-corrected chi connectivity index (χ2v) is 22.6. The zero-order valence-corrected chi connectivity index (χ0v) is 24.6. The van der Waals surface area contributed by atoms with Gasteiger partial charge in [0, 0.05) is 31.0 Å². The minimum absolute atomic E-state index is 0.0765. The highest BCUT2D eigenvalue weighted by Gasteiger charge is 2.51. The van der Waals surface area contributed by atoms with Crippen molar-refractivity contribution < 1.29 is 8.85 Å². The Labute approximate surface area is 205 Å². The van der Waals surface area contributed by atoms with Crippen LogP contribution < -0.4 is 0 Å². The molecular weight excluding hydrogens is 468 g/mol. The Morgan fingerprint density at radius 3 is 2.06 bits per heavy atom. The Morgan fingerprint density at radius 2 is 1.61 bits per heavy atom. The van der Waals surface area contributed by atoms with E-state index in [0.717, 1.165) is 11.3 Å². The first kappa shape index (κ1) is 26.4. The molecule has 2 heterocycles. The second kappa shape index (κ2) is 8.45. The summed E-state index contributed by atoms with van der Waals surface area (Å²) in [7, 11) is -4.09. The first-order valence-electron chi connectivity index (χ1n) is 11.7. The highest BCUT2D eigenvalue weighted by Crippen LogP contribution is 2.49. The van der Waals surface area contributed by atoms with E-state index in [1.54, 1.807) is 6.07 Å². The Bertz CT molecular complexity index is 1050. The lowest BCUT2D eigenvalue weighted by atomic mass is 9.86. The Balaban J connectivity index is 2.14. The molecular formula is C24H39ClN4O2Si2. The lowest BCUT2D eigenvalue weighted by molar-refractivity contribution is 0.120. The fraction of sp³-hybridized carbons (Fsp3) is 0.708. The summed E-state index contributed by atoms with van der Waals surface area (Å²) in [5, 5.41) is 15.1. The van der Waals surface area contributed by atoms with Crippen LogP contribution in [0.15, 0.2) is 12.3 Å². The van der Waals surface area contributed by atoms with Crippen molar-refractivity contribution in [2.24, 2.45) is 0 Å². The maximum Gasteiger partial charge on any atom is 0.192 e. The van der Waals surface area contributed by atoms with Gasteiger partial charge in [0.1, 0.15) is 0 Å². The van der Waals surface area contributed by atoms with Crippen LogP contribution in [0.3, 0.4) is 0 Å². The van der Waals surface area contributed by atoms with Crippen LogP contribution in [0.25, 0.3) is 5.65 Å². The van der Waals surface area contributed by atoms with Crippen molar-refractivity contribution in [1.29, 1.82) is 5.26 Å². The Kier molecular flexibility index (Phi) is 6.75. The van der Waals surface area contributed by atoms with Gasteiger partial charge in [-0.05, 0) is 42.7 Å². The molecule has 1 aliphatic rings. The molecule has 0 N–H and O–H groups in total. The van der Waals surface area contributed by atoms with Gasteiger partial charge in [-0.15, -0.1) is 0 Å². The van der Waals surface area contributed by atoms with E-state index in [2.05, 4.69) is 83.9 Å². The summed E-state index contributed by atoms with van der Waals surface area (Å²) in [6.07, 6.45) is 2.44. The molecule has 2 aromatic heterocycles. The minimum Gasteiger partial charge on any atom is -0.416 e. The van der Waals surface area contributed by atoms with Gasteiger partial charge in [-0.1, -0.05) is 53.1 Å². The number of nitrogens with zero attached hydrogens (tertiary/aromatic N) is 4. The summed E-state index contributed by atoms with van der Waals surface area (Å²) in [6, 6.07) is 4.26. The van der Waals surface area contributed by atoms with Crippen molar-refractivity contribution in [1.82, 2.24) is 14.6 Å². The summed E-state index contributed by atoms with van der Waals surface area (Å²) >= 11 is 6.28. The molecule has 182 valence electrons. The number of rotatable bonds is 6. The lowest BCUT2D eigenvalue weighted by Crippen LogP contribution is -2.49. The highest BCUT2D eigenvalue weighted by atomic mass is 35.5. The molecule has 2 aromatic rings. The van der Waals surface area contributed by atoms with E-state index < -0.39 is 22.0 Å². The summed E-state index contributed by atoms with van der Waals surface area (Å²) in [6.45, 7) is 23.5. The average molecular weight is 507 g/mol. The minimum atomic E-state index is -2.05. The van der Waals surface area contributed by atoms with Gasteiger partial charge in [0.15, 0.2) is 27.4 Å². The van der Waals surface area contributed by atoms with E-state index >= 15 is 0 Å². The molecule has 0 saturated heterocycles. The maximum absolute atomic E-state index is 10.0. The van der Waals surface area contributed by atoms with E-state index in [4.69, 9.17) is 20.5 Å². The first-order valence-corrected chi connectivity index (χ1v) is 17.9. The molecule has 1 aliphatic carbocycles. The third-order valence-electron chi connectivity index (χ3n) is 8.14. The van der Waals surface area contributed by atoms with Crippen LogP contribution in [0, 0.1) is 11.3 Å². The fourth-order valence-corrected chi connectivity index (χ4v) is 6.10. The Hall–Kier alpha value is -1.25. The van der Waals surface area contributed by atoms with Crippen LogP contribution in [0.5, 0.6) is 0 Å². The lowest BCUT2D eigenvalue weighted by Gasteiger charge is -2.43. The number of hydrogen-bond donors (Lipinski definition) is 0. The van der Waals surface area contributed by atoms with E-state index in [1.165, 1.54) is 0 Å². The van der Waals surface area contributed by atoms with Crippen molar-refractivity contribution in [2.45, 2.75) is 95.6 Å². The normalized spacial score (nSPS) is 19.0. The summed E-state index contributed by atoms with van der Waals surface area (Å²) < 4.78 is 15.4. The van der Waals surface area contributed by atoms with Gasteiger partial charge in [0.05, 0.1) is 23.1 Å². The summed E-state index contributed by atoms with van der Waals surface area (Å²) in [5.41, 5.74) is 2.05. The molecule has 0 amide bonds. The van der Waals surface area contributed by atoms with E-state index in [9.17, 15) is 5.26 Å². The molecule has 9 heteroatoms. The zero-order chi connectivity index (χ0) is 25.0. The maximum atomic E-state index is 10.0. The van der Waals surface area contributed by atoms with Gasteiger partial charge >= 0.3 is 0 Å². The highest BCUT2D eigenvalue weighted by molar-refractivity contribution is 6.74. The molecule has 0 saturated carbocycles. The molecule has 0 bridgehead atoms. The number of fused-ring (bicyclic) bond motifs is 3. The van der Waals surface area contributed by atoms with E-state index in [0.29, 0.717) is 30.4 Å². The third kappa shape index (κ3) is 4.80. The van der Waals surface area contributed by atoms with Crippen LogP contribution in [0.1, 0.15) is 65.1 Å². The molecule has 0 spiro atoms. The van der Waals surface area contributed by atoms with Crippen LogP contribution in [0.2, 0.25) is 41.4 Å². The van der Waals surface area contributed by atoms with Crippen molar-refractivity contribution in [3.05, 3.63) is 28.7 Å². The van der Waals surface area contributed by atoms with Gasteiger partial charge < -0.3 is 8.85 Å². The van der Waals surface area contributed by atoms with Crippen molar-refractivity contribution >= 4 is 33.9 Å². The molecule has 0 aromatic carbocycles. The number of hydrogen-bond acceptors (Lipinski definition) is 5.